The van der Waals surface area contributed by atoms with Crippen LogP contribution in [-0.4, -0.2) is 61.1 Å². The highest BCUT2D eigenvalue weighted by Gasteiger charge is 2.22. The number of H-pyrrole nitrogens is 1. The van der Waals surface area contributed by atoms with Gasteiger partial charge in [0.05, 0.1) is 16.7 Å². The van der Waals surface area contributed by atoms with Gasteiger partial charge in [0, 0.05) is 38.6 Å². The Bertz CT molecular complexity index is 1190. The quantitative estimate of drug-likeness (QED) is 0.617. The van der Waals surface area contributed by atoms with Crippen LogP contribution in [0.5, 0.6) is 0 Å². The number of fused-ring (bicyclic) bond motifs is 1. The van der Waals surface area contributed by atoms with Crippen LogP contribution in [0.1, 0.15) is 16.8 Å². The van der Waals surface area contributed by atoms with Crippen molar-refractivity contribution in [1.29, 1.82) is 0 Å². The molecule has 29 heavy (non-hydrogen) atoms. The average molecular weight is 453 g/mol. The predicted octanol–water partition coefficient (Wildman–Crippen LogP) is 2.67. The number of nitrogens with one attached hydrogen (secondary N) is 1. The largest absolute Gasteiger partial charge is 0.337 e. The molecule has 4 heterocycles. The Morgan fingerprint density at radius 2 is 2.07 bits per heavy atom. The lowest BCUT2D eigenvalue weighted by Crippen LogP contribution is -2.38. The molecule has 0 atom stereocenters. The number of aromatic amines is 1. The lowest BCUT2D eigenvalue weighted by Gasteiger charge is -2.21. The molecule has 8 nitrogen and oxygen atoms in total. The van der Waals surface area contributed by atoms with Gasteiger partial charge in [0.15, 0.2) is 5.65 Å². The van der Waals surface area contributed by atoms with Gasteiger partial charge in [0.2, 0.25) is 4.77 Å². The standard InChI is InChI=1S/C18H18Cl2N6O2S/c19-12-9-14(20)15-22-26(18(29)25(15)10-12)11-23-5-2-6-24(8-7-23)17(28)13-3-1-4-21-16(13)27/h1,3-4,9-10H,2,5-8,11H2,(H,21,27). The van der Waals surface area contributed by atoms with Crippen molar-refractivity contribution < 1.29 is 4.79 Å². The summed E-state index contributed by atoms with van der Waals surface area (Å²) in [6.45, 7) is 2.99. The maximum absolute atomic E-state index is 12.7. The summed E-state index contributed by atoms with van der Waals surface area (Å²) in [5.41, 5.74) is 0.344. The summed E-state index contributed by atoms with van der Waals surface area (Å²) in [6, 6.07) is 4.83. The normalized spacial score (nSPS) is 15.6. The minimum atomic E-state index is -0.370. The fourth-order valence-electron chi connectivity index (χ4n) is 3.40. The van der Waals surface area contributed by atoms with E-state index in [1.807, 2.05) is 0 Å². The molecule has 1 fully saturated rings. The van der Waals surface area contributed by atoms with Crippen molar-refractivity contribution in [2.75, 3.05) is 26.2 Å². The van der Waals surface area contributed by atoms with E-state index in [4.69, 9.17) is 35.4 Å². The summed E-state index contributed by atoms with van der Waals surface area (Å²) in [4.78, 5) is 31.0. The van der Waals surface area contributed by atoms with E-state index in [2.05, 4.69) is 15.0 Å². The van der Waals surface area contributed by atoms with E-state index in [0.29, 0.717) is 46.8 Å². The highest BCUT2D eigenvalue weighted by Crippen LogP contribution is 2.21. The number of hydrogen-bond donors (Lipinski definition) is 1. The summed E-state index contributed by atoms with van der Waals surface area (Å²) < 4.78 is 3.89. The smallest absolute Gasteiger partial charge is 0.260 e. The molecule has 0 unspecified atom stereocenters. The number of rotatable bonds is 3. The van der Waals surface area contributed by atoms with Gasteiger partial charge < -0.3 is 9.88 Å². The molecule has 0 saturated carbocycles. The molecular formula is C18H18Cl2N6O2S. The minimum absolute atomic E-state index is 0.162. The summed E-state index contributed by atoms with van der Waals surface area (Å²) in [7, 11) is 0. The molecule has 0 bridgehead atoms. The molecule has 1 saturated heterocycles. The SMILES string of the molecule is O=C(c1ccc[nH]c1=O)N1CCCN(Cn2nc3c(Cl)cc(Cl)cn3c2=S)CC1. The van der Waals surface area contributed by atoms with Crippen LogP contribution in [0.3, 0.4) is 0 Å². The molecule has 0 aliphatic carbocycles. The van der Waals surface area contributed by atoms with Crippen molar-refractivity contribution in [2.45, 2.75) is 13.1 Å². The third-order valence-corrected chi connectivity index (χ3v) is 5.75. The molecule has 11 heteroatoms. The van der Waals surface area contributed by atoms with E-state index in [9.17, 15) is 9.59 Å². The van der Waals surface area contributed by atoms with Gasteiger partial charge in [-0.2, -0.15) is 0 Å². The molecule has 152 valence electrons. The number of amides is 1. The number of nitrogens with zero attached hydrogens (tertiary/aromatic N) is 5. The van der Waals surface area contributed by atoms with Gasteiger partial charge in [-0.1, -0.05) is 23.2 Å². The van der Waals surface area contributed by atoms with Crippen LogP contribution in [0.4, 0.5) is 0 Å². The number of hydrogen-bond acceptors (Lipinski definition) is 5. The van der Waals surface area contributed by atoms with Crippen LogP contribution in [0, 0.1) is 4.77 Å². The number of halogens is 2. The summed E-state index contributed by atoms with van der Waals surface area (Å²) >= 11 is 17.8. The third kappa shape index (κ3) is 4.09. The van der Waals surface area contributed by atoms with Crippen LogP contribution in [0.25, 0.3) is 5.65 Å². The first kappa shape index (κ1) is 20.1. The Morgan fingerprint density at radius 3 is 2.86 bits per heavy atom. The maximum atomic E-state index is 12.7. The lowest BCUT2D eigenvalue weighted by molar-refractivity contribution is 0.0757. The highest BCUT2D eigenvalue weighted by atomic mass is 35.5. The second kappa shape index (κ2) is 8.27. The van der Waals surface area contributed by atoms with E-state index in [-0.39, 0.29) is 17.0 Å². The first-order chi connectivity index (χ1) is 13.9. The van der Waals surface area contributed by atoms with Crippen LogP contribution in [0.15, 0.2) is 35.4 Å². The first-order valence-electron chi connectivity index (χ1n) is 9.07. The van der Waals surface area contributed by atoms with E-state index >= 15 is 0 Å². The van der Waals surface area contributed by atoms with Crippen LogP contribution in [0.2, 0.25) is 10.0 Å². The zero-order valence-electron chi connectivity index (χ0n) is 15.3. The van der Waals surface area contributed by atoms with Crippen molar-refractivity contribution in [3.8, 4) is 0 Å². The molecule has 1 aliphatic rings. The highest BCUT2D eigenvalue weighted by molar-refractivity contribution is 7.71. The Labute approximate surface area is 181 Å². The average Bonchev–Trinajstić information content (AvgIpc) is 2.86. The van der Waals surface area contributed by atoms with Crippen LogP contribution in [-0.2, 0) is 6.67 Å². The number of carbonyl (C=O) groups excluding carboxylic acids is 1. The number of carbonyl (C=O) groups is 1. The van der Waals surface area contributed by atoms with Crippen molar-refractivity contribution >= 4 is 47.0 Å². The Kier molecular flexibility index (Phi) is 5.73. The van der Waals surface area contributed by atoms with Gasteiger partial charge in [-0.3, -0.25) is 18.9 Å². The maximum Gasteiger partial charge on any atom is 0.260 e. The first-order valence-corrected chi connectivity index (χ1v) is 10.2. The second-order valence-electron chi connectivity index (χ2n) is 6.80. The van der Waals surface area contributed by atoms with Crippen molar-refractivity contribution in [2.24, 2.45) is 0 Å². The molecule has 3 aromatic rings. The molecule has 1 amide bonds. The van der Waals surface area contributed by atoms with Crippen molar-refractivity contribution in [3.05, 3.63) is 61.3 Å². The molecule has 1 aliphatic heterocycles. The molecule has 0 aromatic carbocycles. The van der Waals surface area contributed by atoms with Gasteiger partial charge in [-0.05, 0) is 36.8 Å². The van der Waals surface area contributed by atoms with Gasteiger partial charge in [-0.25, -0.2) is 4.68 Å². The molecule has 3 aromatic heterocycles. The zero-order chi connectivity index (χ0) is 20.5. The van der Waals surface area contributed by atoms with Gasteiger partial charge in [0.25, 0.3) is 11.5 Å². The zero-order valence-corrected chi connectivity index (χ0v) is 17.7. The summed E-state index contributed by atoms with van der Waals surface area (Å²) in [6.07, 6.45) is 3.99. The van der Waals surface area contributed by atoms with Crippen LogP contribution < -0.4 is 5.56 Å². The topological polar surface area (TPSA) is 78.6 Å². The van der Waals surface area contributed by atoms with Gasteiger partial charge in [0.1, 0.15) is 5.56 Å². The van der Waals surface area contributed by atoms with Gasteiger partial charge in [-0.15, -0.1) is 5.10 Å². The van der Waals surface area contributed by atoms with Crippen molar-refractivity contribution in [3.63, 3.8) is 0 Å². The van der Waals surface area contributed by atoms with Crippen molar-refractivity contribution in [1.82, 2.24) is 29.0 Å². The Balaban J connectivity index is 1.49. The van der Waals surface area contributed by atoms with E-state index in [1.165, 1.54) is 6.20 Å². The third-order valence-electron chi connectivity index (χ3n) is 4.86. The lowest BCUT2D eigenvalue weighted by atomic mass is 10.2. The molecule has 0 spiro atoms. The van der Waals surface area contributed by atoms with Crippen LogP contribution >= 0.6 is 35.4 Å². The molecule has 1 N–H and O–H groups in total. The Hall–Kier alpha value is -2.20. The predicted molar refractivity (Wildman–Crippen MR) is 113 cm³/mol. The Morgan fingerprint density at radius 1 is 1.24 bits per heavy atom. The fraction of sp³-hybridized carbons (Fsp3) is 0.333. The molecule has 4 rings (SSSR count). The van der Waals surface area contributed by atoms with E-state index in [1.54, 1.807) is 38.4 Å². The molecular weight excluding hydrogens is 435 g/mol. The monoisotopic (exact) mass is 452 g/mol. The second-order valence-corrected chi connectivity index (χ2v) is 8.01. The molecule has 0 radical (unpaired) electrons. The van der Waals surface area contributed by atoms with E-state index < -0.39 is 0 Å². The number of pyridine rings is 2. The van der Waals surface area contributed by atoms with Gasteiger partial charge >= 0.3 is 0 Å². The summed E-state index contributed by atoms with van der Waals surface area (Å²) in [5, 5.41) is 5.43. The van der Waals surface area contributed by atoms with E-state index in [0.717, 1.165) is 13.0 Å². The summed E-state index contributed by atoms with van der Waals surface area (Å²) in [5.74, 6) is -0.250. The fourth-order valence-corrected chi connectivity index (χ4v) is 4.15. The minimum Gasteiger partial charge on any atom is -0.337 e. The number of aromatic nitrogens is 4.